The Labute approximate surface area is 132 Å². The van der Waals surface area contributed by atoms with E-state index < -0.39 is 0 Å². The Hall–Kier alpha value is -1.85. The summed E-state index contributed by atoms with van der Waals surface area (Å²) < 4.78 is 0. The second kappa shape index (κ2) is 6.94. The van der Waals surface area contributed by atoms with Crippen LogP contribution in [0.2, 0.25) is 0 Å². The van der Waals surface area contributed by atoms with Crippen molar-refractivity contribution in [1.82, 2.24) is 15.3 Å². The smallest absolute Gasteiger partial charge is 0.225 e. The summed E-state index contributed by atoms with van der Waals surface area (Å²) in [5.41, 5.74) is 0.598. The Morgan fingerprint density at radius 2 is 1.91 bits per heavy atom. The average Bonchev–Trinajstić information content (AvgIpc) is 2.96. The predicted octanol–water partition coefficient (Wildman–Crippen LogP) is 1.96. The first-order valence-corrected chi connectivity index (χ1v) is 7.99. The van der Waals surface area contributed by atoms with Crippen LogP contribution in [0, 0.1) is 12.3 Å². The molecule has 1 aliphatic rings. The lowest BCUT2D eigenvalue weighted by molar-refractivity contribution is -0.128. The van der Waals surface area contributed by atoms with E-state index in [0.717, 1.165) is 24.6 Å². The van der Waals surface area contributed by atoms with Gasteiger partial charge in [-0.25, -0.2) is 4.98 Å². The summed E-state index contributed by atoms with van der Waals surface area (Å²) >= 11 is 0. The SMILES string of the molecule is Cc1cc(N2CCCC2)nc(NCCNC(=O)C(C)(C)C)n1. The van der Waals surface area contributed by atoms with Crippen LogP contribution in [-0.4, -0.2) is 42.1 Å². The Bertz CT molecular complexity index is 518. The van der Waals surface area contributed by atoms with Crippen molar-refractivity contribution in [3.63, 3.8) is 0 Å². The van der Waals surface area contributed by atoms with Crippen molar-refractivity contribution >= 4 is 17.7 Å². The minimum Gasteiger partial charge on any atom is -0.356 e. The molecule has 1 saturated heterocycles. The molecule has 2 rings (SSSR count). The van der Waals surface area contributed by atoms with E-state index in [2.05, 4.69) is 25.5 Å². The number of carbonyl (C=O) groups is 1. The minimum atomic E-state index is -0.358. The van der Waals surface area contributed by atoms with Gasteiger partial charge in [0.15, 0.2) is 0 Å². The number of carbonyl (C=O) groups excluding carboxylic acids is 1. The lowest BCUT2D eigenvalue weighted by Gasteiger charge is -2.19. The highest BCUT2D eigenvalue weighted by Crippen LogP contribution is 2.19. The molecule has 1 amide bonds. The molecule has 0 atom stereocenters. The fraction of sp³-hybridized carbons (Fsp3) is 0.688. The maximum absolute atomic E-state index is 11.8. The van der Waals surface area contributed by atoms with Crippen molar-refractivity contribution in [3.05, 3.63) is 11.8 Å². The van der Waals surface area contributed by atoms with E-state index in [-0.39, 0.29) is 11.3 Å². The Kier molecular flexibility index (Phi) is 5.21. The maximum atomic E-state index is 11.8. The number of amides is 1. The van der Waals surface area contributed by atoms with Gasteiger partial charge < -0.3 is 15.5 Å². The van der Waals surface area contributed by atoms with Crippen LogP contribution in [0.4, 0.5) is 11.8 Å². The van der Waals surface area contributed by atoms with Gasteiger partial charge >= 0.3 is 0 Å². The molecule has 0 spiro atoms. The van der Waals surface area contributed by atoms with Gasteiger partial charge in [-0.1, -0.05) is 20.8 Å². The quantitative estimate of drug-likeness (QED) is 0.814. The van der Waals surface area contributed by atoms with Crippen molar-refractivity contribution in [3.8, 4) is 0 Å². The average molecular weight is 305 g/mol. The number of rotatable bonds is 5. The topological polar surface area (TPSA) is 70.2 Å². The summed E-state index contributed by atoms with van der Waals surface area (Å²) in [5.74, 6) is 1.68. The number of anilines is 2. The summed E-state index contributed by atoms with van der Waals surface area (Å²) in [6.07, 6.45) is 2.45. The molecule has 6 heteroatoms. The van der Waals surface area contributed by atoms with E-state index in [1.54, 1.807) is 0 Å². The maximum Gasteiger partial charge on any atom is 0.225 e. The van der Waals surface area contributed by atoms with Crippen LogP contribution >= 0.6 is 0 Å². The first-order valence-electron chi connectivity index (χ1n) is 7.99. The molecular formula is C16H27N5O. The normalized spacial score (nSPS) is 15.0. The Balaban J connectivity index is 1.86. The van der Waals surface area contributed by atoms with E-state index >= 15 is 0 Å². The van der Waals surface area contributed by atoms with Gasteiger partial charge in [0.1, 0.15) is 5.82 Å². The highest BCUT2D eigenvalue weighted by Gasteiger charge is 2.20. The van der Waals surface area contributed by atoms with Crippen LogP contribution in [-0.2, 0) is 4.79 Å². The van der Waals surface area contributed by atoms with Crippen LogP contribution in [0.5, 0.6) is 0 Å². The third kappa shape index (κ3) is 4.58. The number of hydrogen-bond donors (Lipinski definition) is 2. The largest absolute Gasteiger partial charge is 0.356 e. The summed E-state index contributed by atoms with van der Waals surface area (Å²) in [7, 11) is 0. The molecule has 1 fully saturated rings. The summed E-state index contributed by atoms with van der Waals surface area (Å²) in [5, 5.41) is 6.10. The molecule has 0 saturated carbocycles. The Morgan fingerprint density at radius 1 is 1.23 bits per heavy atom. The van der Waals surface area contributed by atoms with Gasteiger partial charge in [0.2, 0.25) is 11.9 Å². The molecule has 0 aromatic carbocycles. The van der Waals surface area contributed by atoms with Gasteiger partial charge in [0.05, 0.1) is 0 Å². The van der Waals surface area contributed by atoms with E-state index in [0.29, 0.717) is 19.0 Å². The number of nitrogens with zero attached hydrogens (tertiary/aromatic N) is 3. The van der Waals surface area contributed by atoms with Crippen LogP contribution in [0.1, 0.15) is 39.3 Å². The Morgan fingerprint density at radius 3 is 2.55 bits per heavy atom. The van der Waals surface area contributed by atoms with E-state index in [9.17, 15) is 4.79 Å². The first-order chi connectivity index (χ1) is 10.4. The van der Waals surface area contributed by atoms with Crippen molar-refractivity contribution < 1.29 is 4.79 Å². The second-order valence-electron chi connectivity index (χ2n) is 6.82. The second-order valence-corrected chi connectivity index (χ2v) is 6.82. The molecule has 0 bridgehead atoms. The monoisotopic (exact) mass is 305 g/mol. The van der Waals surface area contributed by atoms with Crippen molar-refractivity contribution in [1.29, 1.82) is 0 Å². The zero-order valence-corrected chi connectivity index (χ0v) is 14.1. The third-order valence-electron chi connectivity index (χ3n) is 3.65. The lowest BCUT2D eigenvalue weighted by atomic mass is 9.96. The van der Waals surface area contributed by atoms with Crippen molar-refractivity contribution in [2.75, 3.05) is 36.4 Å². The molecule has 1 aromatic rings. The van der Waals surface area contributed by atoms with E-state index in [1.807, 2.05) is 33.8 Å². The van der Waals surface area contributed by atoms with Gasteiger partial charge in [-0.05, 0) is 19.8 Å². The molecule has 6 nitrogen and oxygen atoms in total. The molecule has 1 aliphatic heterocycles. The zero-order valence-electron chi connectivity index (χ0n) is 14.1. The van der Waals surface area contributed by atoms with Gasteiger partial charge in [-0.15, -0.1) is 0 Å². The lowest BCUT2D eigenvalue weighted by Crippen LogP contribution is -2.37. The molecule has 0 radical (unpaired) electrons. The number of nitrogens with one attached hydrogen (secondary N) is 2. The van der Waals surface area contributed by atoms with Crippen molar-refractivity contribution in [2.45, 2.75) is 40.5 Å². The van der Waals surface area contributed by atoms with Crippen LogP contribution in [0.15, 0.2) is 6.07 Å². The minimum absolute atomic E-state index is 0.0530. The highest BCUT2D eigenvalue weighted by molar-refractivity contribution is 5.81. The van der Waals surface area contributed by atoms with E-state index in [4.69, 9.17) is 0 Å². The van der Waals surface area contributed by atoms with Crippen LogP contribution in [0.25, 0.3) is 0 Å². The van der Waals surface area contributed by atoms with E-state index in [1.165, 1.54) is 12.8 Å². The molecule has 1 aromatic heterocycles. The fourth-order valence-corrected chi connectivity index (χ4v) is 2.35. The predicted molar refractivity (Wildman–Crippen MR) is 89.2 cm³/mol. The van der Waals surface area contributed by atoms with Crippen LogP contribution < -0.4 is 15.5 Å². The zero-order chi connectivity index (χ0) is 16.2. The highest BCUT2D eigenvalue weighted by atomic mass is 16.2. The van der Waals surface area contributed by atoms with Gasteiger partial charge in [-0.2, -0.15) is 4.98 Å². The molecule has 2 heterocycles. The summed E-state index contributed by atoms with van der Waals surface area (Å²) in [6, 6.07) is 2.03. The van der Waals surface area contributed by atoms with Gasteiger partial charge in [0, 0.05) is 43.4 Å². The standard InChI is InChI=1S/C16H27N5O/c1-12-11-13(21-9-5-6-10-21)20-15(19-12)18-8-7-17-14(22)16(2,3)4/h11H,5-10H2,1-4H3,(H,17,22)(H,18,19,20). The molecular weight excluding hydrogens is 278 g/mol. The summed E-state index contributed by atoms with van der Waals surface area (Å²) in [6.45, 7) is 11.0. The third-order valence-corrected chi connectivity index (χ3v) is 3.65. The molecule has 2 N–H and O–H groups in total. The first kappa shape index (κ1) is 16.5. The van der Waals surface area contributed by atoms with Gasteiger partial charge in [-0.3, -0.25) is 4.79 Å². The number of aromatic nitrogens is 2. The number of aryl methyl sites for hydroxylation is 1. The summed E-state index contributed by atoms with van der Waals surface area (Å²) in [4.78, 5) is 23.1. The van der Waals surface area contributed by atoms with Crippen molar-refractivity contribution in [2.24, 2.45) is 5.41 Å². The van der Waals surface area contributed by atoms with Gasteiger partial charge in [0.25, 0.3) is 0 Å². The fourth-order valence-electron chi connectivity index (χ4n) is 2.35. The molecule has 0 aliphatic carbocycles. The number of hydrogen-bond acceptors (Lipinski definition) is 5. The molecule has 22 heavy (non-hydrogen) atoms. The molecule has 0 unspecified atom stereocenters. The van der Waals surface area contributed by atoms with Crippen LogP contribution in [0.3, 0.4) is 0 Å². The molecule has 122 valence electrons.